The molecule has 30 heavy (non-hydrogen) atoms. The largest absolute Gasteiger partial charge is 0.354 e. The first-order valence-electron chi connectivity index (χ1n) is 11.4. The number of carbonyl (C=O) groups is 1. The summed E-state index contributed by atoms with van der Waals surface area (Å²) in [6, 6.07) is 1.96. The van der Waals surface area contributed by atoms with Crippen molar-refractivity contribution in [3.05, 3.63) is 0 Å². The van der Waals surface area contributed by atoms with Crippen LogP contribution in [0.1, 0.15) is 46.0 Å². The lowest BCUT2D eigenvalue weighted by Gasteiger charge is -2.48. The molecule has 0 spiro atoms. The lowest BCUT2D eigenvalue weighted by atomic mass is 9.64. The van der Waals surface area contributed by atoms with Crippen molar-refractivity contribution in [2.45, 2.75) is 88.6 Å². The summed E-state index contributed by atoms with van der Waals surface area (Å²) < 4.78 is 42.2. The van der Waals surface area contributed by atoms with E-state index in [-0.39, 0.29) is 60.0 Å². The van der Waals surface area contributed by atoms with Gasteiger partial charge in [-0.15, -0.1) is 0 Å². The maximum Gasteiger partial charge on any atom is 0.224 e. The van der Waals surface area contributed by atoms with Crippen LogP contribution < -0.4 is 16.0 Å². The zero-order valence-electron chi connectivity index (χ0n) is 17.7. The molecule has 0 radical (unpaired) electrons. The molecule has 3 N–H and O–H groups in total. The average molecular weight is 427 g/mol. The molecule has 2 saturated carbocycles. The molecule has 0 aromatic rings. The summed E-state index contributed by atoms with van der Waals surface area (Å²) in [5.41, 5.74) is 0. The van der Waals surface area contributed by atoms with E-state index in [1.165, 1.54) is 0 Å². The summed E-state index contributed by atoms with van der Waals surface area (Å²) in [7, 11) is 0. The normalized spacial score (nSPS) is 48.5. The van der Waals surface area contributed by atoms with Crippen molar-refractivity contribution in [3.63, 3.8) is 0 Å². The number of alkyl halides is 3. The third-order valence-electron chi connectivity index (χ3n) is 7.95. The third kappa shape index (κ3) is 3.84. The Morgan fingerprint density at radius 1 is 1.03 bits per heavy atom. The smallest absolute Gasteiger partial charge is 0.224 e. The monoisotopic (exact) mass is 426 g/mol. The van der Waals surface area contributed by atoms with E-state index in [0.29, 0.717) is 13.0 Å². The molecule has 1 amide bonds. The zero-order valence-corrected chi connectivity index (χ0v) is 17.7. The first kappa shape index (κ1) is 21.9. The summed E-state index contributed by atoms with van der Waals surface area (Å²) in [5, 5.41) is 19.4. The maximum atomic E-state index is 14.3. The number of hydrogen-bond donors (Lipinski definition) is 3. The fourth-order valence-corrected chi connectivity index (χ4v) is 6.60. The number of carbonyl (C=O) groups excluding carboxylic acids is 1. The highest BCUT2D eigenvalue weighted by atomic mass is 19.2. The molecule has 168 valence electrons. The molecule has 2 heterocycles. The minimum absolute atomic E-state index is 0.0240. The maximum absolute atomic E-state index is 14.3. The fraction of sp³-hybridized carbons (Fsp3) is 0.909. The minimum Gasteiger partial charge on any atom is -0.354 e. The highest BCUT2D eigenvalue weighted by molar-refractivity contribution is 5.80. The predicted molar refractivity (Wildman–Crippen MR) is 107 cm³/mol. The lowest BCUT2D eigenvalue weighted by molar-refractivity contribution is -0.131. The van der Waals surface area contributed by atoms with Crippen LogP contribution in [-0.4, -0.2) is 55.1 Å². The van der Waals surface area contributed by atoms with Gasteiger partial charge in [0.25, 0.3) is 0 Å². The Labute approximate surface area is 176 Å². The van der Waals surface area contributed by atoms with Gasteiger partial charge in [0.2, 0.25) is 5.91 Å². The van der Waals surface area contributed by atoms with Crippen LogP contribution in [-0.2, 0) is 4.79 Å². The van der Waals surface area contributed by atoms with Crippen LogP contribution in [0.5, 0.6) is 0 Å². The Kier molecular flexibility index (Phi) is 6.32. The summed E-state index contributed by atoms with van der Waals surface area (Å²) in [5.74, 6) is -0.723. The Balaban J connectivity index is 1.45. The van der Waals surface area contributed by atoms with Gasteiger partial charge >= 0.3 is 0 Å². The quantitative estimate of drug-likeness (QED) is 0.648. The van der Waals surface area contributed by atoms with E-state index in [9.17, 15) is 23.2 Å². The van der Waals surface area contributed by atoms with Crippen molar-refractivity contribution < 1.29 is 18.0 Å². The Morgan fingerprint density at radius 2 is 1.73 bits per heavy atom. The van der Waals surface area contributed by atoms with E-state index in [2.05, 4.69) is 22.0 Å². The lowest BCUT2D eigenvalue weighted by Crippen LogP contribution is -2.59. The van der Waals surface area contributed by atoms with Gasteiger partial charge in [-0.25, -0.2) is 13.2 Å². The van der Waals surface area contributed by atoms with Gasteiger partial charge in [0.05, 0.1) is 17.9 Å². The Hall–Kier alpha value is -1.33. The third-order valence-corrected chi connectivity index (χ3v) is 7.95. The van der Waals surface area contributed by atoms with Crippen LogP contribution in [0, 0.1) is 40.9 Å². The number of rotatable bonds is 3. The van der Waals surface area contributed by atoms with Gasteiger partial charge in [-0.2, -0.15) is 5.26 Å². The van der Waals surface area contributed by atoms with Crippen LogP contribution in [0.2, 0.25) is 0 Å². The number of amides is 1. The van der Waals surface area contributed by atoms with Crippen molar-refractivity contribution in [1.29, 1.82) is 5.26 Å². The van der Waals surface area contributed by atoms with Crippen molar-refractivity contribution in [3.8, 4) is 6.07 Å². The van der Waals surface area contributed by atoms with Crippen LogP contribution in [0.4, 0.5) is 13.2 Å². The highest BCUT2D eigenvalue weighted by Crippen LogP contribution is 2.45. The van der Waals surface area contributed by atoms with Gasteiger partial charge in [-0.3, -0.25) is 4.79 Å². The van der Waals surface area contributed by atoms with Gasteiger partial charge in [0.15, 0.2) is 6.17 Å². The van der Waals surface area contributed by atoms with Gasteiger partial charge in [-0.1, -0.05) is 0 Å². The summed E-state index contributed by atoms with van der Waals surface area (Å²) in [6.07, 6.45) is -2.41. The van der Waals surface area contributed by atoms with E-state index in [0.717, 1.165) is 19.3 Å². The molecule has 11 atom stereocenters. The van der Waals surface area contributed by atoms with E-state index in [1.54, 1.807) is 0 Å². The Morgan fingerprint density at radius 3 is 2.43 bits per heavy atom. The second-order valence-corrected chi connectivity index (χ2v) is 10.0. The van der Waals surface area contributed by atoms with E-state index in [4.69, 9.17) is 0 Å². The number of nitrogens with zero attached hydrogens (tertiary/aromatic N) is 1. The standard InChI is InChI=1S/C22H33F3N4O/c1-10(2)28-22(30)18-11(8-26)3-5-16-12(18)4-6-17(29-16)14-9-27-21-13(14)7-15(23)19(24)20(21)25/h10-21,27,29H,3-7,9H2,1-2H3,(H,28,30). The first-order chi connectivity index (χ1) is 14.3. The molecular formula is C22H33F3N4O. The second kappa shape index (κ2) is 8.66. The zero-order chi connectivity index (χ0) is 21.6. The van der Waals surface area contributed by atoms with Gasteiger partial charge < -0.3 is 16.0 Å². The van der Waals surface area contributed by atoms with E-state index < -0.39 is 24.6 Å². The molecule has 2 saturated heterocycles. The molecule has 4 rings (SSSR count). The number of fused-ring (bicyclic) bond motifs is 2. The number of hydrogen-bond acceptors (Lipinski definition) is 4. The number of nitriles is 1. The van der Waals surface area contributed by atoms with E-state index >= 15 is 0 Å². The molecule has 8 heteroatoms. The van der Waals surface area contributed by atoms with Gasteiger partial charge in [-0.05, 0) is 63.7 Å². The molecular weight excluding hydrogens is 393 g/mol. The predicted octanol–water partition coefficient (Wildman–Crippen LogP) is 2.42. The molecule has 0 aromatic carbocycles. The van der Waals surface area contributed by atoms with Crippen LogP contribution in [0.3, 0.4) is 0 Å². The molecule has 2 aliphatic heterocycles. The Bertz CT molecular complexity index is 686. The average Bonchev–Trinajstić information content (AvgIpc) is 3.13. The van der Waals surface area contributed by atoms with Crippen molar-refractivity contribution in [2.75, 3.05) is 6.54 Å². The molecule has 2 aliphatic carbocycles. The van der Waals surface area contributed by atoms with Gasteiger partial charge in [0.1, 0.15) is 12.3 Å². The van der Waals surface area contributed by atoms with Crippen molar-refractivity contribution in [2.24, 2.45) is 29.6 Å². The summed E-state index contributed by atoms with van der Waals surface area (Å²) in [4.78, 5) is 12.8. The van der Waals surface area contributed by atoms with Crippen LogP contribution in [0.25, 0.3) is 0 Å². The topological polar surface area (TPSA) is 77.0 Å². The molecule has 4 aliphatic rings. The number of halogens is 3. The fourth-order valence-electron chi connectivity index (χ4n) is 6.60. The highest BCUT2D eigenvalue weighted by Gasteiger charge is 2.54. The first-order valence-corrected chi connectivity index (χ1v) is 11.4. The SMILES string of the molecule is CC(C)NC(=O)C1C(C#N)CCC2NC(C3CNC4C(F)C(F)C(F)CC34)CCC21. The van der Waals surface area contributed by atoms with E-state index in [1.807, 2.05) is 13.8 Å². The number of nitrogens with one attached hydrogen (secondary N) is 3. The van der Waals surface area contributed by atoms with Crippen LogP contribution >= 0.6 is 0 Å². The summed E-state index contributed by atoms with van der Waals surface area (Å²) >= 11 is 0. The van der Waals surface area contributed by atoms with Crippen molar-refractivity contribution in [1.82, 2.24) is 16.0 Å². The number of piperidine rings is 1. The molecule has 5 nitrogen and oxygen atoms in total. The minimum atomic E-state index is -2.04. The van der Waals surface area contributed by atoms with Crippen molar-refractivity contribution >= 4 is 5.91 Å². The second-order valence-electron chi connectivity index (χ2n) is 10.0. The molecule has 11 unspecified atom stereocenters. The van der Waals surface area contributed by atoms with Crippen LogP contribution in [0.15, 0.2) is 0 Å². The molecule has 0 aromatic heterocycles. The molecule has 0 bridgehead atoms. The summed E-state index contributed by atoms with van der Waals surface area (Å²) in [6.45, 7) is 4.39. The van der Waals surface area contributed by atoms with Gasteiger partial charge in [0, 0.05) is 30.7 Å². The molecule has 4 fully saturated rings.